The van der Waals surface area contributed by atoms with Crippen LogP contribution in [0.3, 0.4) is 0 Å². The number of nitrogens with two attached hydrogens (primary N) is 1. The Morgan fingerprint density at radius 1 is 1.11 bits per heavy atom. The molecule has 2 N–H and O–H groups in total. The molecule has 0 aromatic carbocycles. The van der Waals surface area contributed by atoms with E-state index in [0.29, 0.717) is 6.04 Å². The average molecular weight is 125 g/mol. The van der Waals surface area contributed by atoms with Crippen LogP contribution >= 0.6 is 0 Å². The van der Waals surface area contributed by atoms with Crippen molar-refractivity contribution >= 4 is 0 Å². The highest BCUT2D eigenvalue weighted by molar-refractivity contribution is 4.89. The first kappa shape index (κ1) is 5.72. The quantitative estimate of drug-likeness (QED) is 0.522. The number of rotatable bonds is 0. The monoisotopic (exact) mass is 125 g/mol. The summed E-state index contributed by atoms with van der Waals surface area (Å²) in [6.07, 6.45) is 7.09. The summed E-state index contributed by atoms with van der Waals surface area (Å²) in [6, 6.07) is 0.567. The SMILES string of the molecule is N[C@H]1C[C@H]2CCC[C@H]1C2. The Bertz CT molecular complexity index is 109. The maximum Gasteiger partial charge on any atom is 0.00699 e. The van der Waals surface area contributed by atoms with Crippen molar-refractivity contribution in [1.29, 1.82) is 0 Å². The highest BCUT2D eigenvalue weighted by atomic mass is 14.7. The van der Waals surface area contributed by atoms with Gasteiger partial charge in [0.2, 0.25) is 0 Å². The first-order chi connectivity index (χ1) is 4.36. The average Bonchev–Trinajstić information content (AvgIpc) is 2.09. The van der Waals surface area contributed by atoms with Gasteiger partial charge in [-0.25, -0.2) is 0 Å². The molecule has 2 bridgehead atoms. The predicted molar refractivity (Wildman–Crippen MR) is 38.0 cm³/mol. The molecule has 3 atom stereocenters. The molecule has 2 rings (SSSR count). The lowest BCUT2D eigenvalue weighted by Gasteiger charge is -2.18. The Morgan fingerprint density at radius 3 is 2.67 bits per heavy atom. The van der Waals surface area contributed by atoms with Crippen molar-refractivity contribution in [2.24, 2.45) is 17.6 Å². The number of fused-ring (bicyclic) bond motifs is 2. The summed E-state index contributed by atoms with van der Waals surface area (Å²) in [7, 11) is 0. The number of hydrogen-bond acceptors (Lipinski definition) is 1. The topological polar surface area (TPSA) is 26.0 Å². The molecule has 0 amide bonds. The van der Waals surface area contributed by atoms with E-state index >= 15 is 0 Å². The minimum Gasteiger partial charge on any atom is -0.327 e. The molecule has 2 saturated carbocycles. The van der Waals surface area contributed by atoms with Crippen LogP contribution in [0.5, 0.6) is 0 Å². The lowest BCUT2D eigenvalue weighted by atomic mass is 9.89. The van der Waals surface area contributed by atoms with Crippen molar-refractivity contribution in [3.05, 3.63) is 0 Å². The van der Waals surface area contributed by atoms with E-state index < -0.39 is 0 Å². The lowest BCUT2D eigenvalue weighted by Crippen LogP contribution is -2.23. The van der Waals surface area contributed by atoms with Crippen LogP contribution in [0.15, 0.2) is 0 Å². The third-order valence-corrected chi connectivity index (χ3v) is 3.03. The molecule has 0 aliphatic heterocycles. The van der Waals surface area contributed by atoms with Gasteiger partial charge in [-0.2, -0.15) is 0 Å². The molecule has 52 valence electrons. The predicted octanol–water partition coefficient (Wildman–Crippen LogP) is 1.52. The molecule has 2 aliphatic carbocycles. The maximum atomic E-state index is 5.92. The van der Waals surface area contributed by atoms with Crippen LogP contribution in [0.25, 0.3) is 0 Å². The van der Waals surface area contributed by atoms with Crippen molar-refractivity contribution in [2.75, 3.05) is 0 Å². The van der Waals surface area contributed by atoms with Crippen molar-refractivity contribution in [3.8, 4) is 0 Å². The van der Waals surface area contributed by atoms with Gasteiger partial charge in [0, 0.05) is 6.04 Å². The van der Waals surface area contributed by atoms with E-state index in [1.165, 1.54) is 32.1 Å². The molecular formula is C8H15N. The standard InChI is InChI=1S/C8H15N/c9-8-5-6-2-1-3-7(8)4-6/h6-8H,1-5,9H2/t6-,7-,8-/m0/s1. The van der Waals surface area contributed by atoms with Gasteiger partial charge < -0.3 is 5.73 Å². The molecule has 0 aromatic rings. The fourth-order valence-corrected chi connectivity index (χ4v) is 2.51. The van der Waals surface area contributed by atoms with Crippen LogP contribution in [0.4, 0.5) is 0 Å². The van der Waals surface area contributed by atoms with E-state index in [-0.39, 0.29) is 0 Å². The normalized spacial score (nSPS) is 49.7. The van der Waals surface area contributed by atoms with Gasteiger partial charge >= 0.3 is 0 Å². The summed E-state index contributed by atoms with van der Waals surface area (Å²) in [5.41, 5.74) is 5.92. The molecular weight excluding hydrogens is 110 g/mol. The van der Waals surface area contributed by atoms with Gasteiger partial charge in [0.25, 0.3) is 0 Å². The molecule has 1 nitrogen and oxygen atoms in total. The Labute approximate surface area is 56.6 Å². The van der Waals surface area contributed by atoms with Crippen LogP contribution in [0.1, 0.15) is 32.1 Å². The first-order valence-electron chi connectivity index (χ1n) is 4.12. The van der Waals surface area contributed by atoms with Gasteiger partial charge in [-0.15, -0.1) is 0 Å². The van der Waals surface area contributed by atoms with Crippen molar-refractivity contribution in [2.45, 2.75) is 38.1 Å². The van der Waals surface area contributed by atoms with Gasteiger partial charge in [0.05, 0.1) is 0 Å². The van der Waals surface area contributed by atoms with Crippen LogP contribution in [0, 0.1) is 11.8 Å². The Kier molecular flexibility index (Phi) is 1.26. The largest absolute Gasteiger partial charge is 0.327 e. The zero-order valence-electron chi connectivity index (χ0n) is 5.84. The van der Waals surface area contributed by atoms with Gasteiger partial charge in [0.1, 0.15) is 0 Å². The van der Waals surface area contributed by atoms with Gasteiger partial charge in [-0.3, -0.25) is 0 Å². The van der Waals surface area contributed by atoms with Crippen molar-refractivity contribution < 1.29 is 0 Å². The highest BCUT2D eigenvalue weighted by Gasteiger charge is 2.34. The second-order valence-corrected chi connectivity index (χ2v) is 3.69. The van der Waals surface area contributed by atoms with Crippen LogP contribution < -0.4 is 5.73 Å². The molecule has 0 radical (unpaired) electrons. The van der Waals surface area contributed by atoms with Crippen molar-refractivity contribution in [3.63, 3.8) is 0 Å². The van der Waals surface area contributed by atoms with E-state index in [0.717, 1.165) is 11.8 Å². The Balaban J connectivity index is 2.07. The second-order valence-electron chi connectivity index (χ2n) is 3.69. The third kappa shape index (κ3) is 0.877. The van der Waals surface area contributed by atoms with Crippen LogP contribution in [0.2, 0.25) is 0 Å². The van der Waals surface area contributed by atoms with Crippen LogP contribution in [-0.2, 0) is 0 Å². The molecule has 0 unspecified atom stereocenters. The summed E-state index contributed by atoms with van der Waals surface area (Å²) in [4.78, 5) is 0. The zero-order valence-corrected chi connectivity index (χ0v) is 5.84. The molecule has 1 heteroatoms. The molecule has 0 spiro atoms. The highest BCUT2D eigenvalue weighted by Crippen LogP contribution is 2.40. The summed E-state index contributed by atoms with van der Waals surface area (Å²) in [6.45, 7) is 0. The van der Waals surface area contributed by atoms with E-state index in [1.807, 2.05) is 0 Å². The smallest absolute Gasteiger partial charge is 0.00699 e. The molecule has 2 aliphatic rings. The van der Waals surface area contributed by atoms with E-state index in [9.17, 15) is 0 Å². The van der Waals surface area contributed by atoms with Gasteiger partial charge in [0.15, 0.2) is 0 Å². The summed E-state index contributed by atoms with van der Waals surface area (Å²) < 4.78 is 0. The molecule has 0 saturated heterocycles. The fourth-order valence-electron chi connectivity index (χ4n) is 2.51. The Morgan fingerprint density at radius 2 is 2.00 bits per heavy atom. The van der Waals surface area contributed by atoms with Gasteiger partial charge in [-0.1, -0.05) is 12.8 Å². The lowest BCUT2D eigenvalue weighted by molar-refractivity contribution is 0.350. The summed E-state index contributed by atoms with van der Waals surface area (Å²) in [5, 5.41) is 0. The fraction of sp³-hybridized carbons (Fsp3) is 1.00. The second kappa shape index (κ2) is 1.98. The molecule has 0 aromatic heterocycles. The molecule has 0 heterocycles. The van der Waals surface area contributed by atoms with Crippen LogP contribution in [-0.4, -0.2) is 6.04 Å². The van der Waals surface area contributed by atoms with E-state index in [4.69, 9.17) is 5.73 Å². The zero-order chi connectivity index (χ0) is 6.27. The minimum atomic E-state index is 0.567. The maximum absolute atomic E-state index is 5.92. The van der Waals surface area contributed by atoms with E-state index in [2.05, 4.69) is 0 Å². The van der Waals surface area contributed by atoms with E-state index in [1.54, 1.807) is 0 Å². The number of hydrogen-bond donors (Lipinski definition) is 1. The Hall–Kier alpha value is -0.0400. The minimum absolute atomic E-state index is 0.567. The summed E-state index contributed by atoms with van der Waals surface area (Å²) in [5.74, 6) is 1.92. The first-order valence-corrected chi connectivity index (χ1v) is 4.12. The molecule has 9 heavy (non-hydrogen) atoms. The summed E-state index contributed by atoms with van der Waals surface area (Å²) >= 11 is 0. The third-order valence-electron chi connectivity index (χ3n) is 3.03. The van der Waals surface area contributed by atoms with Crippen molar-refractivity contribution in [1.82, 2.24) is 0 Å². The van der Waals surface area contributed by atoms with Gasteiger partial charge in [-0.05, 0) is 31.1 Å². The molecule has 2 fully saturated rings.